The molecule has 0 aliphatic carbocycles. The fourth-order valence-corrected chi connectivity index (χ4v) is 2.21. The molecule has 2 nitrogen and oxygen atoms in total. The molecule has 0 saturated carbocycles. The second kappa shape index (κ2) is 5.17. The Balaban J connectivity index is 2.12. The molecular formula is C18H14O2. The number of para-hydroxylation sites is 1. The molecule has 0 amide bonds. The number of hydrogen-bond donors (Lipinski definition) is 0. The third-order valence-corrected chi connectivity index (χ3v) is 3.25. The number of fused-ring (bicyclic) bond motifs is 1. The molecule has 0 unspecified atom stereocenters. The zero-order chi connectivity index (χ0) is 13.9. The van der Waals surface area contributed by atoms with Crippen molar-refractivity contribution in [3.8, 4) is 0 Å². The first kappa shape index (κ1) is 12.4. The van der Waals surface area contributed by atoms with Crippen molar-refractivity contribution in [2.24, 2.45) is 0 Å². The number of benzene rings is 2. The molecule has 0 N–H and O–H groups in total. The first-order valence-electron chi connectivity index (χ1n) is 6.51. The third kappa shape index (κ3) is 2.41. The fraction of sp³-hybridized carbons (Fsp3) is 0.0556. The van der Waals surface area contributed by atoms with Gasteiger partial charge < -0.3 is 4.42 Å². The van der Waals surface area contributed by atoms with E-state index in [1.54, 1.807) is 6.07 Å². The van der Waals surface area contributed by atoms with Gasteiger partial charge in [0.15, 0.2) is 0 Å². The average Bonchev–Trinajstić information content (AvgIpc) is 2.47. The van der Waals surface area contributed by atoms with Crippen molar-refractivity contribution in [2.45, 2.75) is 6.92 Å². The fourth-order valence-electron chi connectivity index (χ4n) is 2.21. The van der Waals surface area contributed by atoms with Crippen LogP contribution in [0.25, 0.3) is 22.6 Å². The van der Waals surface area contributed by atoms with Crippen LogP contribution in [0.2, 0.25) is 0 Å². The summed E-state index contributed by atoms with van der Waals surface area (Å²) >= 11 is 0. The van der Waals surface area contributed by atoms with E-state index in [4.69, 9.17) is 4.42 Å². The zero-order valence-corrected chi connectivity index (χ0v) is 11.2. The van der Waals surface area contributed by atoms with Crippen LogP contribution in [-0.4, -0.2) is 0 Å². The molecule has 3 rings (SSSR count). The van der Waals surface area contributed by atoms with Crippen LogP contribution in [0.15, 0.2) is 69.9 Å². The summed E-state index contributed by atoms with van der Waals surface area (Å²) in [5.74, 6) is 0. The summed E-state index contributed by atoms with van der Waals surface area (Å²) < 4.78 is 5.36. The van der Waals surface area contributed by atoms with E-state index in [1.165, 1.54) is 0 Å². The minimum atomic E-state index is -0.298. The molecule has 1 heterocycles. The lowest BCUT2D eigenvalue weighted by Crippen LogP contribution is -2.05. The van der Waals surface area contributed by atoms with Crippen molar-refractivity contribution in [2.75, 3.05) is 0 Å². The van der Waals surface area contributed by atoms with Gasteiger partial charge in [0.1, 0.15) is 5.58 Å². The van der Waals surface area contributed by atoms with Gasteiger partial charge in [-0.25, -0.2) is 4.79 Å². The van der Waals surface area contributed by atoms with Gasteiger partial charge in [-0.05, 0) is 30.2 Å². The summed E-state index contributed by atoms with van der Waals surface area (Å²) in [6, 6.07) is 19.4. The average molecular weight is 262 g/mol. The van der Waals surface area contributed by atoms with E-state index < -0.39 is 0 Å². The molecule has 0 spiro atoms. The van der Waals surface area contributed by atoms with Crippen LogP contribution < -0.4 is 5.63 Å². The van der Waals surface area contributed by atoms with Crippen LogP contribution in [-0.2, 0) is 0 Å². The van der Waals surface area contributed by atoms with E-state index in [1.807, 2.05) is 67.6 Å². The Morgan fingerprint density at radius 3 is 2.50 bits per heavy atom. The van der Waals surface area contributed by atoms with Gasteiger partial charge in [0, 0.05) is 5.39 Å². The van der Waals surface area contributed by atoms with Gasteiger partial charge in [-0.2, -0.15) is 0 Å². The van der Waals surface area contributed by atoms with Crippen molar-refractivity contribution in [3.05, 3.63) is 82.2 Å². The van der Waals surface area contributed by atoms with E-state index in [-0.39, 0.29) is 5.63 Å². The summed E-state index contributed by atoms with van der Waals surface area (Å²) in [4.78, 5) is 12.1. The minimum absolute atomic E-state index is 0.298. The predicted molar refractivity (Wildman–Crippen MR) is 82.5 cm³/mol. The molecule has 2 aromatic carbocycles. The van der Waals surface area contributed by atoms with Crippen molar-refractivity contribution >= 4 is 22.6 Å². The van der Waals surface area contributed by atoms with Crippen molar-refractivity contribution in [1.82, 2.24) is 0 Å². The van der Waals surface area contributed by atoms with Crippen LogP contribution in [0.5, 0.6) is 0 Å². The third-order valence-electron chi connectivity index (χ3n) is 3.25. The molecule has 0 atom stereocenters. The summed E-state index contributed by atoms with van der Waals surface area (Å²) in [5, 5.41) is 0.933. The molecule has 0 saturated heterocycles. The monoisotopic (exact) mass is 262 g/mol. The van der Waals surface area contributed by atoms with Crippen molar-refractivity contribution in [3.63, 3.8) is 0 Å². The van der Waals surface area contributed by atoms with Gasteiger partial charge in [-0.3, -0.25) is 0 Å². The molecule has 0 aliphatic heterocycles. The minimum Gasteiger partial charge on any atom is -0.422 e. The molecule has 0 aliphatic rings. The molecule has 20 heavy (non-hydrogen) atoms. The highest BCUT2D eigenvalue weighted by atomic mass is 16.4. The molecule has 98 valence electrons. The maximum atomic E-state index is 12.1. The van der Waals surface area contributed by atoms with Gasteiger partial charge in [0.05, 0.1) is 5.56 Å². The highest BCUT2D eigenvalue weighted by Gasteiger charge is 2.06. The van der Waals surface area contributed by atoms with Gasteiger partial charge in [-0.1, -0.05) is 54.6 Å². The van der Waals surface area contributed by atoms with Gasteiger partial charge in [-0.15, -0.1) is 0 Å². The predicted octanol–water partition coefficient (Wildman–Crippen LogP) is 4.35. The lowest BCUT2D eigenvalue weighted by molar-refractivity contribution is 0.558. The Morgan fingerprint density at radius 2 is 1.70 bits per heavy atom. The van der Waals surface area contributed by atoms with Crippen LogP contribution in [0.1, 0.15) is 18.1 Å². The Labute approximate surface area is 117 Å². The van der Waals surface area contributed by atoms with Crippen molar-refractivity contribution in [1.29, 1.82) is 0 Å². The molecule has 0 bridgehead atoms. The van der Waals surface area contributed by atoms with Crippen LogP contribution in [0.3, 0.4) is 0 Å². The normalized spacial score (nSPS) is 11.8. The largest absolute Gasteiger partial charge is 0.422 e. The molecular weight excluding hydrogens is 248 g/mol. The van der Waals surface area contributed by atoms with E-state index in [0.29, 0.717) is 11.1 Å². The van der Waals surface area contributed by atoms with E-state index in [0.717, 1.165) is 16.5 Å². The second-order valence-corrected chi connectivity index (χ2v) is 4.72. The van der Waals surface area contributed by atoms with Crippen LogP contribution in [0.4, 0.5) is 0 Å². The first-order valence-corrected chi connectivity index (χ1v) is 6.51. The van der Waals surface area contributed by atoms with E-state index in [2.05, 4.69) is 0 Å². The van der Waals surface area contributed by atoms with Gasteiger partial charge in [0.25, 0.3) is 0 Å². The highest BCUT2D eigenvalue weighted by molar-refractivity contribution is 5.85. The van der Waals surface area contributed by atoms with Crippen molar-refractivity contribution < 1.29 is 4.42 Å². The quantitative estimate of drug-likeness (QED) is 0.642. The maximum absolute atomic E-state index is 12.1. The Morgan fingerprint density at radius 1 is 1.00 bits per heavy atom. The number of allylic oxidation sites excluding steroid dienone is 1. The van der Waals surface area contributed by atoms with Gasteiger partial charge >= 0.3 is 5.63 Å². The SMILES string of the molecule is CC(=Cc1ccccc1)c1cc2ccccc2oc1=O. The number of rotatable bonds is 2. The summed E-state index contributed by atoms with van der Waals surface area (Å²) in [6.45, 7) is 1.92. The molecule has 3 aromatic rings. The second-order valence-electron chi connectivity index (χ2n) is 4.72. The molecule has 0 fully saturated rings. The van der Waals surface area contributed by atoms with Crippen LogP contribution in [0, 0.1) is 0 Å². The summed E-state index contributed by atoms with van der Waals surface area (Å²) in [7, 11) is 0. The first-order chi connectivity index (χ1) is 9.74. The van der Waals surface area contributed by atoms with E-state index in [9.17, 15) is 4.79 Å². The topological polar surface area (TPSA) is 30.2 Å². The molecule has 2 heteroatoms. The van der Waals surface area contributed by atoms with Crippen LogP contribution >= 0.6 is 0 Å². The Hall–Kier alpha value is -2.61. The Bertz CT molecular complexity index is 827. The zero-order valence-electron chi connectivity index (χ0n) is 11.2. The summed E-state index contributed by atoms with van der Waals surface area (Å²) in [5.41, 5.74) is 2.89. The lowest BCUT2D eigenvalue weighted by Gasteiger charge is -2.03. The molecule has 0 radical (unpaired) electrons. The summed E-state index contributed by atoms with van der Waals surface area (Å²) in [6.07, 6.45) is 1.99. The smallest absolute Gasteiger partial charge is 0.343 e. The van der Waals surface area contributed by atoms with E-state index >= 15 is 0 Å². The highest BCUT2D eigenvalue weighted by Crippen LogP contribution is 2.19. The number of hydrogen-bond acceptors (Lipinski definition) is 2. The lowest BCUT2D eigenvalue weighted by atomic mass is 10.0. The Kier molecular flexibility index (Phi) is 3.21. The molecule has 1 aromatic heterocycles. The standard InChI is InChI=1S/C18H14O2/c1-13(11-14-7-3-2-4-8-14)16-12-15-9-5-6-10-17(15)20-18(16)19/h2-12H,1H3. The van der Waals surface area contributed by atoms with Gasteiger partial charge in [0.2, 0.25) is 0 Å². The maximum Gasteiger partial charge on any atom is 0.343 e.